The maximum atomic E-state index is 4.39. The van der Waals surface area contributed by atoms with Crippen LogP contribution >= 0.6 is 0 Å². The number of hydrogen-bond donors (Lipinski definition) is 0. The third-order valence-electron chi connectivity index (χ3n) is 3.28. The van der Waals surface area contributed by atoms with E-state index in [0.717, 1.165) is 5.82 Å². The van der Waals surface area contributed by atoms with Crippen LogP contribution < -0.4 is 4.90 Å². The first-order valence-corrected chi connectivity index (χ1v) is 6.09. The average molecular weight is 254 g/mol. The Morgan fingerprint density at radius 3 is 2.68 bits per heavy atom. The molecule has 96 valence electrons. The molecule has 3 aromatic rings. The van der Waals surface area contributed by atoms with Crippen molar-refractivity contribution in [1.29, 1.82) is 0 Å². The lowest BCUT2D eigenvalue weighted by atomic mass is 10.1. The van der Waals surface area contributed by atoms with Crippen LogP contribution in [0.1, 0.15) is 18.5 Å². The van der Waals surface area contributed by atoms with Crippen LogP contribution in [0.3, 0.4) is 0 Å². The van der Waals surface area contributed by atoms with Crippen molar-refractivity contribution in [2.24, 2.45) is 0 Å². The lowest BCUT2D eigenvalue weighted by Gasteiger charge is -2.25. The van der Waals surface area contributed by atoms with Crippen LogP contribution in [0.4, 0.5) is 5.82 Å². The highest BCUT2D eigenvalue weighted by atomic mass is 15.6. The Balaban J connectivity index is 1.92. The predicted molar refractivity (Wildman–Crippen MR) is 71.8 cm³/mol. The smallest absolute Gasteiger partial charge is 0.200 e. The van der Waals surface area contributed by atoms with E-state index in [-0.39, 0.29) is 6.04 Å². The van der Waals surface area contributed by atoms with E-state index >= 15 is 0 Å². The monoisotopic (exact) mass is 254 g/mol. The van der Waals surface area contributed by atoms with Gasteiger partial charge in [-0.15, -0.1) is 14.8 Å². The van der Waals surface area contributed by atoms with Crippen LogP contribution in [0.15, 0.2) is 42.5 Å². The lowest BCUT2D eigenvalue weighted by Crippen LogP contribution is -2.23. The molecular weight excluding hydrogens is 240 g/mol. The maximum absolute atomic E-state index is 4.39. The van der Waals surface area contributed by atoms with Gasteiger partial charge in [-0.3, -0.25) is 0 Å². The second-order valence-electron chi connectivity index (χ2n) is 4.42. The summed E-state index contributed by atoms with van der Waals surface area (Å²) in [6.45, 7) is 2.14. The molecule has 6 nitrogen and oxygen atoms in total. The zero-order chi connectivity index (χ0) is 13.2. The number of fused-ring (bicyclic) bond motifs is 1. The van der Waals surface area contributed by atoms with Gasteiger partial charge in [0.2, 0.25) is 0 Å². The van der Waals surface area contributed by atoms with Crippen molar-refractivity contribution in [2.75, 3.05) is 11.9 Å². The highest BCUT2D eigenvalue weighted by Crippen LogP contribution is 2.23. The van der Waals surface area contributed by atoms with Crippen molar-refractivity contribution in [1.82, 2.24) is 25.3 Å². The fourth-order valence-electron chi connectivity index (χ4n) is 1.98. The number of benzene rings is 1. The second kappa shape index (κ2) is 4.64. The van der Waals surface area contributed by atoms with E-state index in [2.05, 4.69) is 44.6 Å². The molecule has 3 rings (SSSR count). The molecule has 0 bridgehead atoms. The van der Waals surface area contributed by atoms with Crippen LogP contribution in [0, 0.1) is 0 Å². The first kappa shape index (κ1) is 11.6. The van der Waals surface area contributed by atoms with E-state index in [1.54, 1.807) is 0 Å². The minimum Gasteiger partial charge on any atom is -0.351 e. The molecule has 0 saturated heterocycles. The summed E-state index contributed by atoms with van der Waals surface area (Å²) >= 11 is 0. The predicted octanol–water partition coefficient (Wildman–Crippen LogP) is 1.72. The Labute approximate surface area is 110 Å². The Morgan fingerprint density at radius 1 is 1.11 bits per heavy atom. The highest BCUT2D eigenvalue weighted by Gasteiger charge is 2.14. The molecule has 0 N–H and O–H groups in total. The van der Waals surface area contributed by atoms with Crippen molar-refractivity contribution < 1.29 is 0 Å². The average Bonchev–Trinajstić information content (AvgIpc) is 2.94. The zero-order valence-corrected chi connectivity index (χ0v) is 10.8. The number of aromatic nitrogens is 5. The summed E-state index contributed by atoms with van der Waals surface area (Å²) in [5.74, 6) is 0.830. The van der Waals surface area contributed by atoms with Crippen LogP contribution in [0.25, 0.3) is 5.65 Å². The SMILES string of the molecule is C[C@@H](c1ccccc1)N(C)c1ccc2nnnn2n1. The maximum Gasteiger partial charge on any atom is 0.200 e. The summed E-state index contributed by atoms with van der Waals surface area (Å²) in [4.78, 5) is 2.09. The van der Waals surface area contributed by atoms with Crippen molar-refractivity contribution >= 4 is 11.5 Å². The third-order valence-corrected chi connectivity index (χ3v) is 3.28. The Kier molecular flexibility index (Phi) is 2.83. The molecule has 0 radical (unpaired) electrons. The molecule has 0 aliphatic rings. The molecule has 0 fully saturated rings. The molecule has 2 heterocycles. The number of hydrogen-bond acceptors (Lipinski definition) is 5. The molecule has 0 saturated carbocycles. The molecule has 0 unspecified atom stereocenters. The van der Waals surface area contributed by atoms with Crippen molar-refractivity contribution in [3.05, 3.63) is 48.0 Å². The van der Waals surface area contributed by atoms with Gasteiger partial charge in [-0.2, -0.15) is 0 Å². The molecule has 6 heteroatoms. The third kappa shape index (κ3) is 2.12. The van der Waals surface area contributed by atoms with Crippen molar-refractivity contribution in [3.8, 4) is 0 Å². The molecular formula is C13H14N6. The summed E-state index contributed by atoms with van der Waals surface area (Å²) in [6, 6.07) is 14.3. The van der Waals surface area contributed by atoms with Gasteiger partial charge in [-0.05, 0) is 35.0 Å². The van der Waals surface area contributed by atoms with Gasteiger partial charge in [0.05, 0.1) is 6.04 Å². The summed E-state index contributed by atoms with van der Waals surface area (Å²) < 4.78 is 1.43. The highest BCUT2D eigenvalue weighted by molar-refractivity contribution is 5.45. The van der Waals surface area contributed by atoms with Gasteiger partial charge in [-0.1, -0.05) is 30.3 Å². The summed E-state index contributed by atoms with van der Waals surface area (Å²) in [6.07, 6.45) is 0. The first-order valence-electron chi connectivity index (χ1n) is 6.09. The molecule has 0 spiro atoms. The van der Waals surface area contributed by atoms with Gasteiger partial charge in [0.1, 0.15) is 0 Å². The zero-order valence-electron chi connectivity index (χ0n) is 10.8. The fraction of sp³-hybridized carbons (Fsp3) is 0.231. The van der Waals surface area contributed by atoms with Gasteiger partial charge in [0.25, 0.3) is 0 Å². The van der Waals surface area contributed by atoms with Crippen molar-refractivity contribution in [2.45, 2.75) is 13.0 Å². The molecule has 0 aliphatic heterocycles. The lowest BCUT2D eigenvalue weighted by molar-refractivity contribution is 0.684. The van der Waals surface area contributed by atoms with Crippen LogP contribution in [0.5, 0.6) is 0 Å². The van der Waals surface area contributed by atoms with Crippen LogP contribution in [-0.2, 0) is 0 Å². The van der Waals surface area contributed by atoms with Crippen LogP contribution in [0.2, 0.25) is 0 Å². The Bertz CT molecular complexity index is 678. The van der Waals surface area contributed by atoms with E-state index < -0.39 is 0 Å². The van der Waals surface area contributed by atoms with E-state index in [9.17, 15) is 0 Å². The normalized spacial score (nSPS) is 12.5. The number of anilines is 1. The van der Waals surface area contributed by atoms with E-state index in [0.29, 0.717) is 5.65 Å². The van der Waals surface area contributed by atoms with Gasteiger partial charge < -0.3 is 4.90 Å². The molecule has 0 amide bonds. The summed E-state index contributed by atoms with van der Waals surface area (Å²) in [7, 11) is 2.01. The number of rotatable bonds is 3. The van der Waals surface area contributed by atoms with Crippen molar-refractivity contribution in [3.63, 3.8) is 0 Å². The fourth-order valence-corrected chi connectivity index (χ4v) is 1.98. The number of tetrazole rings is 1. The largest absolute Gasteiger partial charge is 0.351 e. The standard InChI is InChI=1S/C13H14N6/c1-10(11-6-4-3-5-7-11)18(2)13-9-8-12-14-16-17-19(12)15-13/h3-10H,1-2H3/t10-/m0/s1. The summed E-state index contributed by atoms with van der Waals surface area (Å²) in [5.41, 5.74) is 1.88. The van der Waals surface area contributed by atoms with E-state index in [4.69, 9.17) is 0 Å². The quantitative estimate of drug-likeness (QED) is 0.712. The van der Waals surface area contributed by atoms with E-state index in [1.807, 2.05) is 37.4 Å². The Hall–Kier alpha value is -2.50. The molecule has 1 atom stereocenters. The van der Waals surface area contributed by atoms with Crippen LogP contribution in [-0.4, -0.2) is 32.3 Å². The van der Waals surface area contributed by atoms with E-state index in [1.165, 1.54) is 10.2 Å². The summed E-state index contributed by atoms with van der Waals surface area (Å²) in [5, 5.41) is 15.6. The Morgan fingerprint density at radius 2 is 1.89 bits per heavy atom. The minimum absolute atomic E-state index is 0.225. The second-order valence-corrected chi connectivity index (χ2v) is 4.42. The molecule has 2 aromatic heterocycles. The molecule has 0 aliphatic carbocycles. The van der Waals surface area contributed by atoms with Gasteiger partial charge in [0.15, 0.2) is 11.5 Å². The topological polar surface area (TPSA) is 59.2 Å². The van der Waals surface area contributed by atoms with Gasteiger partial charge >= 0.3 is 0 Å². The first-order chi connectivity index (χ1) is 9.25. The van der Waals surface area contributed by atoms with Gasteiger partial charge in [0, 0.05) is 7.05 Å². The number of nitrogens with zero attached hydrogens (tertiary/aromatic N) is 6. The molecule has 1 aromatic carbocycles. The minimum atomic E-state index is 0.225. The van der Waals surface area contributed by atoms with Gasteiger partial charge in [-0.25, -0.2) is 0 Å². The molecule has 19 heavy (non-hydrogen) atoms.